The third kappa shape index (κ3) is 4.31. The molecule has 0 aliphatic carbocycles. The lowest BCUT2D eigenvalue weighted by atomic mass is 9.84. The van der Waals surface area contributed by atoms with Crippen LogP contribution in [0.1, 0.15) is 33.3 Å². The van der Waals surface area contributed by atoms with Crippen LogP contribution >= 0.6 is 0 Å². The van der Waals surface area contributed by atoms with Gasteiger partial charge in [-0.1, -0.05) is 26.0 Å². The van der Waals surface area contributed by atoms with Crippen molar-refractivity contribution in [2.75, 3.05) is 39.5 Å². The van der Waals surface area contributed by atoms with E-state index in [1.807, 2.05) is 23.1 Å². The van der Waals surface area contributed by atoms with Gasteiger partial charge in [0.1, 0.15) is 5.75 Å². The molecule has 1 saturated heterocycles. The van der Waals surface area contributed by atoms with Crippen molar-refractivity contribution in [1.29, 1.82) is 0 Å². The molecule has 0 amide bonds. The number of nitrogens with one attached hydrogen (secondary N) is 1. The lowest BCUT2D eigenvalue weighted by Gasteiger charge is -2.40. The average molecular weight is 382 g/mol. The summed E-state index contributed by atoms with van der Waals surface area (Å²) in [6.45, 7) is 9.46. The first kappa shape index (κ1) is 20.6. The number of aliphatic imine (C=N–C) groups is 1. The minimum atomic E-state index is -3.07. The van der Waals surface area contributed by atoms with Crippen molar-refractivity contribution in [1.82, 2.24) is 10.2 Å². The van der Waals surface area contributed by atoms with Gasteiger partial charge in [0.25, 0.3) is 0 Å². The molecule has 1 aromatic rings. The van der Waals surface area contributed by atoms with Crippen molar-refractivity contribution in [2.24, 2.45) is 4.99 Å². The summed E-state index contributed by atoms with van der Waals surface area (Å²) in [5.74, 6) is 1.73. The molecule has 1 N–H and O–H groups in total. The van der Waals surface area contributed by atoms with E-state index in [2.05, 4.69) is 30.2 Å². The largest absolute Gasteiger partial charge is 0.497 e. The molecule has 1 aliphatic rings. The molecule has 1 aliphatic heterocycles. The Morgan fingerprint density at radius 2 is 2.08 bits per heavy atom. The Balaban J connectivity index is 2.09. The molecule has 0 spiro atoms. The normalized spacial score (nSPS) is 19.9. The second-order valence-electron chi connectivity index (χ2n) is 8.02. The minimum Gasteiger partial charge on any atom is -0.497 e. The van der Waals surface area contributed by atoms with E-state index in [4.69, 9.17) is 4.74 Å². The standard InChI is InChI=1S/C19H31N3O3S/c1-18(2,15-8-7-9-16(12-15)25-6)13-21-17(20-5)22-10-11-26(23,24)19(3,4)14-22/h7-9,12H,10-11,13-14H2,1-6H3,(H,20,21). The summed E-state index contributed by atoms with van der Waals surface area (Å²) in [4.78, 5) is 6.40. The van der Waals surface area contributed by atoms with E-state index in [0.717, 1.165) is 11.7 Å². The third-order valence-corrected chi connectivity index (χ3v) is 7.63. The first-order chi connectivity index (χ1) is 12.0. The lowest BCUT2D eigenvalue weighted by molar-refractivity contribution is 0.349. The molecule has 1 heterocycles. The topological polar surface area (TPSA) is 71.0 Å². The number of methoxy groups -OCH3 is 1. The highest BCUT2D eigenvalue weighted by atomic mass is 32.2. The van der Waals surface area contributed by atoms with Gasteiger partial charge in [-0.15, -0.1) is 0 Å². The molecule has 0 bridgehead atoms. The molecule has 0 saturated carbocycles. The first-order valence-electron chi connectivity index (χ1n) is 8.85. The van der Waals surface area contributed by atoms with Gasteiger partial charge in [0.15, 0.2) is 15.8 Å². The molecule has 0 unspecified atom stereocenters. The van der Waals surface area contributed by atoms with Crippen LogP contribution < -0.4 is 10.1 Å². The van der Waals surface area contributed by atoms with Crippen molar-refractivity contribution >= 4 is 15.8 Å². The molecular weight excluding hydrogens is 350 g/mol. The van der Waals surface area contributed by atoms with Gasteiger partial charge in [0.05, 0.1) is 17.6 Å². The van der Waals surface area contributed by atoms with Crippen molar-refractivity contribution in [3.63, 3.8) is 0 Å². The van der Waals surface area contributed by atoms with E-state index in [0.29, 0.717) is 19.6 Å². The van der Waals surface area contributed by atoms with Crippen molar-refractivity contribution in [3.05, 3.63) is 29.8 Å². The molecule has 2 rings (SSSR count). The number of ether oxygens (including phenoxy) is 1. The molecule has 1 fully saturated rings. The Kier molecular flexibility index (Phi) is 5.90. The van der Waals surface area contributed by atoms with Crippen LogP contribution in [0.4, 0.5) is 0 Å². The Morgan fingerprint density at radius 3 is 2.65 bits per heavy atom. The molecule has 6 nitrogen and oxygen atoms in total. The molecule has 7 heteroatoms. The van der Waals surface area contributed by atoms with E-state index in [-0.39, 0.29) is 11.2 Å². The highest BCUT2D eigenvalue weighted by molar-refractivity contribution is 7.92. The number of nitrogens with zero attached hydrogens (tertiary/aromatic N) is 2. The van der Waals surface area contributed by atoms with Gasteiger partial charge in [-0.3, -0.25) is 4.99 Å². The van der Waals surface area contributed by atoms with Crippen LogP contribution in [0.3, 0.4) is 0 Å². The zero-order valence-corrected chi connectivity index (χ0v) is 17.5. The smallest absolute Gasteiger partial charge is 0.193 e. The quantitative estimate of drug-likeness (QED) is 0.638. The monoisotopic (exact) mass is 381 g/mol. The molecule has 0 radical (unpaired) electrons. The summed E-state index contributed by atoms with van der Waals surface area (Å²) >= 11 is 0. The van der Waals surface area contributed by atoms with E-state index in [9.17, 15) is 8.42 Å². The van der Waals surface area contributed by atoms with Gasteiger partial charge in [0.2, 0.25) is 0 Å². The fraction of sp³-hybridized carbons (Fsp3) is 0.632. The summed E-state index contributed by atoms with van der Waals surface area (Å²) in [6, 6.07) is 8.05. The second-order valence-corrected chi connectivity index (χ2v) is 10.8. The van der Waals surface area contributed by atoms with Crippen molar-refractivity contribution < 1.29 is 13.2 Å². The average Bonchev–Trinajstić information content (AvgIpc) is 2.58. The SMILES string of the molecule is CN=C(NCC(C)(C)c1cccc(OC)c1)N1CCS(=O)(=O)C(C)(C)C1. The number of sulfone groups is 1. The predicted octanol–water partition coefficient (Wildman–Crippen LogP) is 2.06. The van der Waals surface area contributed by atoms with E-state index < -0.39 is 14.6 Å². The number of hydrogen-bond donors (Lipinski definition) is 1. The number of hydrogen-bond acceptors (Lipinski definition) is 4. The maximum atomic E-state index is 12.2. The van der Waals surface area contributed by atoms with Crippen LogP contribution in [-0.4, -0.2) is 63.6 Å². The highest BCUT2D eigenvalue weighted by Crippen LogP contribution is 2.27. The molecule has 1 aromatic carbocycles. The number of guanidine groups is 1. The number of benzene rings is 1. The Hall–Kier alpha value is -1.76. The maximum absolute atomic E-state index is 12.2. The summed E-state index contributed by atoms with van der Waals surface area (Å²) in [5.41, 5.74) is 1.03. The minimum absolute atomic E-state index is 0.137. The summed E-state index contributed by atoms with van der Waals surface area (Å²) in [7, 11) is 0.330. The molecular formula is C19H31N3O3S. The number of rotatable bonds is 4. The maximum Gasteiger partial charge on any atom is 0.193 e. The fourth-order valence-electron chi connectivity index (χ4n) is 3.10. The van der Waals surface area contributed by atoms with E-state index in [1.165, 1.54) is 5.56 Å². The Bertz CT molecular complexity index is 770. The predicted molar refractivity (Wildman–Crippen MR) is 107 cm³/mol. The van der Waals surface area contributed by atoms with Gasteiger partial charge in [-0.2, -0.15) is 0 Å². The zero-order chi connectivity index (χ0) is 19.6. The Labute approximate surface area is 157 Å². The van der Waals surface area contributed by atoms with E-state index >= 15 is 0 Å². The van der Waals surface area contributed by atoms with Crippen LogP contribution in [0.2, 0.25) is 0 Å². The first-order valence-corrected chi connectivity index (χ1v) is 10.5. The van der Waals surface area contributed by atoms with Crippen molar-refractivity contribution in [2.45, 2.75) is 37.9 Å². The molecule has 0 aromatic heterocycles. The van der Waals surface area contributed by atoms with Gasteiger partial charge < -0.3 is 15.0 Å². The van der Waals surface area contributed by atoms with Crippen LogP contribution in [0.5, 0.6) is 5.75 Å². The van der Waals surface area contributed by atoms with Crippen LogP contribution in [-0.2, 0) is 15.3 Å². The van der Waals surface area contributed by atoms with E-state index in [1.54, 1.807) is 28.0 Å². The Morgan fingerprint density at radius 1 is 1.38 bits per heavy atom. The molecule has 146 valence electrons. The second kappa shape index (κ2) is 7.47. The van der Waals surface area contributed by atoms with Gasteiger partial charge in [-0.05, 0) is 31.5 Å². The van der Waals surface area contributed by atoms with Gasteiger partial charge in [0, 0.05) is 32.1 Å². The molecule has 26 heavy (non-hydrogen) atoms. The fourth-order valence-corrected chi connectivity index (χ4v) is 4.47. The summed E-state index contributed by atoms with van der Waals surface area (Å²) in [6.07, 6.45) is 0. The van der Waals surface area contributed by atoms with Gasteiger partial charge >= 0.3 is 0 Å². The molecule has 0 atom stereocenters. The van der Waals surface area contributed by atoms with Crippen LogP contribution in [0.15, 0.2) is 29.3 Å². The summed E-state index contributed by atoms with van der Waals surface area (Å²) in [5, 5.41) is 3.42. The van der Waals surface area contributed by atoms with Crippen LogP contribution in [0, 0.1) is 0 Å². The van der Waals surface area contributed by atoms with Gasteiger partial charge in [-0.25, -0.2) is 8.42 Å². The summed E-state index contributed by atoms with van der Waals surface area (Å²) < 4.78 is 29.0. The lowest BCUT2D eigenvalue weighted by Crippen LogP contribution is -2.58. The van der Waals surface area contributed by atoms with Crippen LogP contribution in [0.25, 0.3) is 0 Å². The van der Waals surface area contributed by atoms with Crippen molar-refractivity contribution in [3.8, 4) is 5.75 Å². The zero-order valence-electron chi connectivity index (χ0n) is 16.7. The highest BCUT2D eigenvalue weighted by Gasteiger charge is 2.41. The third-order valence-electron chi connectivity index (χ3n) is 5.09.